The first-order valence-corrected chi connectivity index (χ1v) is 10.6. The Morgan fingerprint density at radius 2 is 1.65 bits per heavy atom. The average Bonchev–Trinajstić information content (AvgIpc) is 2.80. The van der Waals surface area contributed by atoms with Gasteiger partial charge in [0.25, 0.3) is 0 Å². The van der Waals surface area contributed by atoms with Crippen LogP contribution in [0.5, 0.6) is 5.75 Å². The van der Waals surface area contributed by atoms with Gasteiger partial charge in [-0.15, -0.1) is 0 Å². The molecule has 31 heavy (non-hydrogen) atoms. The number of nitrogens with one attached hydrogen (secondary N) is 1. The van der Waals surface area contributed by atoms with Gasteiger partial charge in [0, 0.05) is 30.2 Å². The molecule has 6 nitrogen and oxygen atoms in total. The fourth-order valence-electron chi connectivity index (χ4n) is 4.38. The third-order valence-electron chi connectivity index (χ3n) is 5.90. The Hall–Kier alpha value is -3.41. The summed E-state index contributed by atoms with van der Waals surface area (Å²) < 4.78 is 5.30. The maximum absolute atomic E-state index is 13.6. The van der Waals surface area contributed by atoms with Gasteiger partial charge in [0.2, 0.25) is 17.5 Å². The lowest BCUT2D eigenvalue weighted by atomic mass is 9.88. The number of anilines is 1. The average molecular weight is 418 g/mol. The Kier molecular flexibility index (Phi) is 5.89. The SMILES string of the molecule is COc1cccc(N(C(C)=O)C2=C(NC3CCCCC3)C(=O)c3ccccc3C2=O)c1. The quantitative estimate of drug-likeness (QED) is 0.785. The van der Waals surface area contributed by atoms with Crippen LogP contribution in [0.4, 0.5) is 5.69 Å². The van der Waals surface area contributed by atoms with Crippen molar-refractivity contribution in [3.63, 3.8) is 0 Å². The molecule has 0 saturated heterocycles. The molecular formula is C25H26N2O4. The molecule has 6 heteroatoms. The maximum atomic E-state index is 13.6. The molecule has 0 aromatic heterocycles. The number of Topliss-reactive ketones (excluding diaryl/α,β-unsaturated/α-hetero) is 2. The van der Waals surface area contributed by atoms with E-state index >= 15 is 0 Å². The summed E-state index contributed by atoms with van der Waals surface area (Å²) >= 11 is 0. The summed E-state index contributed by atoms with van der Waals surface area (Å²) in [5.74, 6) is -0.399. The second-order valence-electron chi connectivity index (χ2n) is 7.96. The van der Waals surface area contributed by atoms with Gasteiger partial charge in [-0.1, -0.05) is 49.6 Å². The number of hydrogen-bond acceptors (Lipinski definition) is 5. The van der Waals surface area contributed by atoms with Crippen LogP contribution in [-0.2, 0) is 4.79 Å². The molecule has 1 N–H and O–H groups in total. The highest BCUT2D eigenvalue weighted by Gasteiger charge is 2.38. The zero-order chi connectivity index (χ0) is 22.0. The Labute approximate surface area is 181 Å². The number of hydrogen-bond donors (Lipinski definition) is 1. The predicted octanol–water partition coefficient (Wildman–Crippen LogP) is 4.26. The second kappa shape index (κ2) is 8.76. The molecule has 0 unspecified atom stereocenters. The van der Waals surface area contributed by atoms with Crippen LogP contribution in [0.15, 0.2) is 59.9 Å². The first-order valence-electron chi connectivity index (χ1n) is 10.6. The molecule has 1 saturated carbocycles. The molecule has 1 fully saturated rings. The van der Waals surface area contributed by atoms with E-state index in [0.717, 1.165) is 25.7 Å². The number of ketones is 2. The number of allylic oxidation sites excluding steroid dienone is 2. The summed E-state index contributed by atoms with van der Waals surface area (Å²) in [5.41, 5.74) is 1.43. The van der Waals surface area contributed by atoms with Crippen molar-refractivity contribution in [1.29, 1.82) is 0 Å². The standard InChI is InChI=1S/C25H26N2O4/c1-16(28)27(18-11-8-12-19(15-18)31-2)23-22(26-17-9-4-3-5-10-17)24(29)20-13-6-7-14-21(20)25(23)30/h6-8,11-15,17,26H,3-5,9-10H2,1-2H3. The number of carbonyl (C=O) groups excluding carboxylic acids is 3. The van der Waals surface area contributed by atoms with Crippen molar-refractivity contribution >= 4 is 23.2 Å². The van der Waals surface area contributed by atoms with E-state index < -0.39 is 0 Å². The van der Waals surface area contributed by atoms with E-state index in [1.165, 1.54) is 25.4 Å². The molecule has 0 bridgehead atoms. The summed E-state index contributed by atoms with van der Waals surface area (Å²) in [6.45, 7) is 1.39. The Morgan fingerprint density at radius 3 is 2.29 bits per heavy atom. The normalized spacial score (nSPS) is 16.7. The fourth-order valence-corrected chi connectivity index (χ4v) is 4.38. The number of nitrogens with zero attached hydrogens (tertiary/aromatic N) is 1. The molecule has 0 aliphatic heterocycles. The lowest BCUT2D eigenvalue weighted by Crippen LogP contribution is -2.43. The minimum Gasteiger partial charge on any atom is -0.497 e. The molecule has 0 spiro atoms. The van der Waals surface area contributed by atoms with Crippen molar-refractivity contribution in [3.05, 3.63) is 71.1 Å². The second-order valence-corrected chi connectivity index (χ2v) is 7.96. The van der Waals surface area contributed by atoms with Crippen LogP contribution >= 0.6 is 0 Å². The summed E-state index contributed by atoms with van der Waals surface area (Å²) in [7, 11) is 1.54. The van der Waals surface area contributed by atoms with Crippen molar-refractivity contribution in [2.75, 3.05) is 12.0 Å². The van der Waals surface area contributed by atoms with Gasteiger partial charge >= 0.3 is 0 Å². The maximum Gasteiger partial charge on any atom is 0.228 e. The molecule has 2 aliphatic carbocycles. The molecule has 2 aromatic rings. The van der Waals surface area contributed by atoms with Crippen molar-refractivity contribution < 1.29 is 19.1 Å². The van der Waals surface area contributed by atoms with Crippen molar-refractivity contribution in [3.8, 4) is 5.75 Å². The lowest BCUT2D eigenvalue weighted by molar-refractivity contribution is -0.116. The molecule has 2 aliphatic rings. The smallest absolute Gasteiger partial charge is 0.228 e. The first kappa shape index (κ1) is 20.8. The monoisotopic (exact) mass is 418 g/mol. The van der Waals surface area contributed by atoms with E-state index in [9.17, 15) is 14.4 Å². The van der Waals surface area contributed by atoms with Crippen LogP contribution in [0.2, 0.25) is 0 Å². The molecule has 2 aromatic carbocycles. The van der Waals surface area contributed by atoms with Gasteiger partial charge in [0.05, 0.1) is 12.8 Å². The molecule has 0 radical (unpaired) electrons. The number of carbonyl (C=O) groups is 3. The van der Waals surface area contributed by atoms with Crippen LogP contribution in [0.1, 0.15) is 59.7 Å². The molecule has 160 valence electrons. The summed E-state index contributed by atoms with van der Waals surface area (Å²) in [6, 6.07) is 13.8. The van der Waals surface area contributed by atoms with Crippen LogP contribution in [-0.4, -0.2) is 30.6 Å². The van der Waals surface area contributed by atoms with E-state index in [1.807, 2.05) is 0 Å². The highest BCUT2D eigenvalue weighted by atomic mass is 16.5. The van der Waals surface area contributed by atoms with Crippen molar-refractivity contribution in [1.82, 2.24) is 5.32 Å². The molecule has 4 rings (SSSR count). The van der Waals surface area contributed by atoms with Crippen molar-refractivity contribution in [2.45, 2.75) is 45.1 Å². The number of fused-ring (bicyclic) bond motifs is 1. The van der Waals surface area contributed by atoms with Gasteiger partial charge in [-0.05, 0) is 25.0 Å². The zero-order valence-electron chi connectivity index (χ0n) is 17.8. The minimum absolute atomic E-state index is 0.0787. The first-order chi connectivity index (χ1) is 15.0. The van der Waals surface area contributed by atoms with Crippen LogP contribution < -0.4 is 15.0 Å². The third kappa shape index (κ3) is 3.98. The minimum atomic E-state index is -0.355. The Bertz CT molecular complexity index is 1070. The van der Waals surface area contributed by atoms with E-state index in [-0.39, 0.29) is 34.9 Å². The zero-order valence-corrected chi connectivity index (χ0v) is 17.8. The van der Waals surface area contributed by atoms with Gasteiger partial charge in [0.15, 0.2) is 0 Å². The van der Waals surface area contributed by atoms with Gasteiger partial charge in [-0.3, -0.25) is 19.3 Å². The molecular weight excluding hydrogens is 392 g/mol. The highest BCUT2D eigenvalue weighted by Crippen LogP contribution is 2.33. The van der Waals surface area contributed by atoms with Crippen LogP contribution in [0.25, 0.3) is 0 Å². The number of amides is 1. The number of ether oxygens (including phenoxy) is 1. The number of benzene rings is 2. The molecule has 0 heterocycles. The van der Waals surface area contributed by atoms with Gasteiger partial charge < -0.3 is 10.1 Å². The largest absolute Gasteiger partial charge is 0.497 e. The van der Waals surface area contributed by atoms with E-state index in [2.05, 4.69) is 5.32 Å². The predicted molar refractivity (Wildman–Crippen MR) is 118 cm³/mol. The summed E-state index contributed by atoms with van der Waals surface area (Å²) in [4.78, 5) is 41.2. The number of methoxy groups -OCH3 is 1. The van der Waals surface area contributed by atoms with Gasteiger partial charge in [-0.2, -0.15) is 0 Å². The van der Waals surface area contributed by atoms with Crippen LogP contribution in [0, 0.1) is 0 Å². The van der Waals surface area contributed by atoms with E-state index in [0.29, 0.717) is 22.6 Å². The number of rotatable bonds is 5. The van der Waals surface area contributed by atoms with Gasteiger partial charge in [0.1, 0.15) is 17.1 Å². The topological polar surface area (TPSA) is 75.7 Å². The van der Waals surface area contributed by atoms with Gasteiger partial charge in [-0.25, -0.2) is 0 Å². The summed E-state index contributed by atoms with van der Waals surface area (Å²) in [5, 5.41) is 3.35. The van der Waals surface area contributed by atoms with E-state index in [1.54, 1.807) is 48.5 Å². The Morgan fingerprint density at radius 1 is 0.968 bits per heavy atom. The van der Waals surface area contributed by atoms with Crippen LogP contribution in [0.3, 0.4) is 0 Å². The Balaban J connectivity index is 1.88. The lowest BCUT2D eigenvalue weighted by Gasteiger charge is -2.32. The molecule has 1 amide bonds. The van der Waals surface area contributed by atoms with E-state index in [4.69, 9.17) is 4.74 Å². The van der Waals surface area contributed by atoms with Crippen molar-refractivity contribution in [2.24, 2.45) is 0 Å². The highest BCUT2D eigenvalue weighted by molar-refractivity contribution is 6.29. The fraction of sp³-hybridized carbons (Fsp3) is 0.320. The summed E-state index contributed by atoms with van der Waals surface area (Å²) in [6.07, 6.45) is 5.18. The third-order valence-corrected chi connectivity index (χ3v) is 5.90. The molecule has 0 atom stereocenters.